The number of hydrogen-bond donors (Lipinski definition) is 2. The van der Waals surface area contributed by atoms with Gasteiger partial charge in [-0.15, -0.1) is 0 Å². The summed E-state index contributed by atoms with van der Waals surface area (Å²) in [5, 5.41) is 4.42. The molecule has 0 aliphatic carbocycles. The minimum Gasteiger partial charge on any atom is -0.462 e. The van der Waals surface area contributed by atoms with Crippen LogP contribution in [0.25, 0.3) is 10.8 Å². The van der Waals surface area contributed by atoms with E-state index < -0.39 is 5.97 Å². The number of anilines is 2. The van der Waals surface area contributed by atoms with E-state index in [2.05, 4.69) is 20.3 Å². The van der Waals surface area contributed by atoms with Gasteiger partial charge >= 0.3 is 5.97 Å². The summed E-state index contributed by atoms with van der Waals surface area (Å²) in [7, 11) is 0. The first-order valence-corrected chi connectivity index (χ1v) is 7.47. The van der Waals surface area contributed by atoms with E-state index in [0.29, 0.717) is 34.9 Å². The molecule has 0 radical (unpaired) electrons. The van der Waals surface area contributed by atoms with Gasteiger partial charge < -0.3 is 15.0 Å². The number of aryl methyl sites for hydroxylation is 1. The van der Waals surface area contributed by atoms with Gasteiger partial charge in [0.2, 0.25) is 0 Å². The monoisotopic (exact) mass is 324 g/mol. The van der Waals surface area contributed by atoms with Crippen LogP contribution in [0.3, 0.4) is 0 Å². The molecule has 0 aliphatic heterocycles. The molecule has 0 saturated carbocycles. The Balaban J connectivity index is 1.87. The predicted octanol–water partition coefficient (Wildman–Crippen LogP) is 2.55. The molecule has 0 atom stereocenters. The third-order valence-corrected chi connectivity index (χ3v) is 3.47. The summed E-state index contributed by atoms with van der Waals surface area (Å²) in [4.78, 5) is 34.7. The first-order valence-electron chi connectivity index (χ1n) is 7.47. The number of rotatable bonds is 4. The fourth-order valence-corrected chi connectivity index (χ4v) is 2.40. The average molecular weight is 324 g/mol. The van der Waals surface area contributed by atoms with Crippen LogP contribution in [0.4, 0.5) is 11.6 Å². The van der Waals surface area contributed by atoms with E-state index in [0.717, 1.165) is 5.39 Å². The molecule has 3 aromatic heterocycles. The molecule has 3 aromatic rings. The van der Waals surface area contributed by atoms with Crippen LogP contribution in [0.5, 0.6) is 0 Å². The van der Waals surface area contributed by atoms with E-state index in [-0.39, 0.29) is 5.56 Å². The summed E-state index contributed by atoms with van der Waals surface area (Å²) in [6.07, 6.45) is 3.04. The summed E-state index contributed by atoms with van der Waals surface area (Å²) >= 11 is 0. The average Bonchev–Trinajstić information content (AvgIpc) is 2.55. The summed E-state index contributed by atoms with van der Waals surface area (Å²) in [5.74, 6) is 0.705. The number of aromatic nitrogens is 3. The number of carbonyl (C=O) groups excluding carboxylic acids is 1. The third kappa shape index (κ3) is 3.10. The Morgan fingerprint density at radius 3 is 2.83 bits per heavy atom. The van der Waals surface area contributed by atoms with E-state index >= 15 is 0 Å². The van der Waals surface area contributed by atoms with Crippen LogP contribution in [0.1, 0.15) is 23.0 Å². The molecule has 122 valence electrons. The van der Waals surface area contributed by atoms with E-state index in [1.54, 1.807) is 38.2 Å². The van der Waals surface area contributed by atoms with Gasteiger partial charge in [0.15, 0.2) is 0 Å². The van der Waals surface area contributed by atoms with Crippen molar-refractivity contribution >= 4 is 28.4 Å². The van der Waals surface area contributed by atoms with Crippen molar-refractivity contribution in [1.29, 1.82) is 0 Å². The second-order valence-corrected chi connectivity index (χ2v) is 5.14. The normalized spacial score (nSPS) is 10.6. The fourth-order valence-electron chi connectivity index (χ4n) is 2.40. The highest BCUT2D eigenvalue weighted by atomic mass is 16.5. The highest BCUT2D eigenvalue weighted by Crippen LogP contribution is 2.19. The number of hydrogen-bond acceptors (Lipinski definition) is 6. The summed E-state index contributed by atoms with van der Waals surface area (Å²) < 4.78 is 4.92. The van der Waals surface area contributed by atoms with Crippen LogP contribution in [0.15, 0.2) is 41.5 Å². The molecule has 0 amide bonds. The Hall–Kier alpha value is -3.22. The van der Waals surface area contributed by atoms with Crippen molar-refractivity contribution < 1.29 is 9.53 Å². The third-order valence-electron chi connectivity index (χ3n) is 3.47. The Kier molecular flexibility index (Phi) is 4.24. The van der Waals surface area contributed by atoms with Gasteiger partial charge in [-0.2, -0.15) is 0 Å². The Labute approximate surface area is 137 Å². The summed E-state index contributed by atoms with van der Waals surface area (Å²) in [5.41, 5.74) is 0.845. The SMILES string of the molecule is CCOC(=O)c1ccc(Nc2cc3cc[nH]c(=O)c3c(C)n2)nc1. The molecular formula is C17H16N4O3. The Bertz CT molecular complexity index is 948. The topological polar surface area (TPSA) is 97.0 Å². The largest absolute Gasteiger partial charge is 0.462 e. The van der Waals surface area contributed by atoms with Crippen molar-refractivity contribution in [2.24, 2.45) is 0 Å². The molecule has 0 aliphatic rings. The van der Waals surface area contributed by atoms with E-state index in [1.165, 1.54) is 6.20 Å². The standard InChI is InChI=1S/C17H16N4O3/c1-3-24-17(23)12-4-5-13(19-9-12)21-14-8-11-6-7-18-16(22)15(11)10(2)20-14/h4-9H,3H2,1-2H3,(H,18,22)(H,19,20,21). The number of nitrogens with one attached hydrogen (secondary N) is 2. The molecule has 0 spiro atoms. The van der Waals surface area contributed by atoms with Crippen LogP contribution in [0, 0.1) is 6.92 Å². The van der Waals surface area contributed by atoms with E-state index in [9.17, 15) is 9.59 Å². The highest BCUT2D eigenvalue weighted by Gasteiger charge is 2.09. The number of aromatic amines is 1. The van der Waals surface area contributed by atoms with Crippen molar-refractivity contribution in [3.63, 3.8) is 0 Å². The van der Waals surface area contributed by atoms with Crippen LogP contribution < -0.4 is 10.9 Å². The van der Waals surface area contributed by atoms with Crippen molar-refractivity contribution in [2.45, 2.75) is 13.8 Å². The van der Waals surface area contributed by atoms with Crippen LogP contribution in [-0.2, 0) is 4.74 Å². The minimum atomic E-state index is -0.407. The molecule has 0 saturated heterocycles. The molecule has 0 aromatic carbocycles. The zero-order chi connectivity index (χ0) is 17.1. The van der Waals surface area contributed by atoms with E-state index in [1.807, 2.05) is 6.07 Å². The van der Waals surface area contributed by atoms with Crippen molar-refractivity contribution in [2.75, 3.05) is 11.9 Å². The van der Waals surface area contributed by atoms with Gasteiger partial charge in [0.05, 0.1) is 23.3 Å². The maximum atomic E-state index is 11.9. The van der Waals surface area contributed by atoms with Crippen LogP contribution in [-0.4, -0.2) is 27.5 Å². The molecular weight excluding hydrogens is 308 g/mol. The molecule has 2 N–H and O–H groups in total. The number of nitrogens with zero attached hydrogens (tertiary/aromatic N) is 2. The van der Waals surface area contributed by atoms with Gasteiger partial charge in [0.25, 0.3) is 5.56 Å². The molecule has 3 heterocycles. The molecule has 7 heteroatoms. The lowest BCUT2D eigenvalue weighted by Gasteiger charge is -2.08. The second-order valence-electron chi connectivity index (χ2n) is 5.14. The van der Waals surface area contributed by atoms with Crippen LogP contribution >= 0.6 is 0 Å². The van der Waals surface area contributed by atoms with Crippen molar-refractivity contribution in [3.8, 4) is 0 Å². The number of fused-ring (bicyclic) bond motifs is 1. The number of H-pyrrole nitrogens is 1. The first-order chi connectivity index (χ1) is 11.6. The number of esters is 1. The van der Waals surface area contributed by atoms with Gasteiger partial charge in [0, 0.05) is 12.4 Å². The smallest absolute Gasteiger partial charge is 0.339 e. The van der Waals surface area contributed by atoms with Crippen molar-refractivity contribution in [1.82, 2.24) is 15.0 Å². The fraction of sp³-hybridized carbons (Fsp3) is 0.176. The zero-order valence-electron chi connectivity index (χ0n) is 13.3. The zero-order valence-corrected chi connectivity index (χ0v) is 13.3. The molecule has 3 rings (SSSR count). The highest BCUT2D eigenvalue weighted by molar-refractivity contribution is 5.89. The number of carbonyl (C=O) groups is 1. The molecule has 24 heavy (non-hydrogen) atoms. The molecule has 0 unspecified atom stereocenters. The first kappa shape index (κ1) is 15.7. The number of pyridine rings is 3. The van der Waals surface area contributed by atoms with Gasteiger partial charge in [-0.25, -0.2) is 14.8 Å². The van der Waals surface area contributed by atoms with Gasteiger partial charge in [-0.1, -0.05) is 0 Å². The molecule has 0 bridgehead atoms. The lowest BCUT2D eigenvalue weighted by molar-refractivity contribution is 0.0526. The van der Waals surface area contributed by atoms with E-state index in [4.69, 9.17) is 4.74 Å². The minimum absolute atomic E-state index is 0.166. The maximum absolute atomic E-state index is 11.9. The van der Waals surface area contributed by atoms with Crippen molar-refractivity contribution in [3.05, 3.63) is 58.3 Å². The Morgan fingerprint density at radius 1 is 1.29 bits per heavy atom. The van der Waals surface area contributed by atoms with Gasteiger partial charge in [-0.3, -0.25) is 4.79 Å². The predicted molar refractivity (Wildman–Crippen MR) is 90.6 cm³/mol. The molecule has 7 nitrogen and oxygen atoms in total. The second kappa shape index (κ2) is 6.49. The lowest BCUT2D eigenvalue weighted by atomic mass is 10.1. The molecule has 0 fully saturated rings. The van der Waals surface area contributed by atoms with Gasteiger partial charge in [0.1, 0.15) is 11.6 Å². The number of ether oxygens (including phenoxy) is 1. The maximum Gasteiger partial charge on any atom is 0.339 e. The summed E-state index contributed by atoms with van der Waals surface area (Å²) in [6.45, 7) is 3.85. The Morgan fingerprint density at radius 2 is 2.12 bits per heavy atom. The lowest BCUT2D eigenvalue weighted by Crippen LogP contribution is -2.08. The quantitative estimate of drug-likeness (QED) is 0.716. The summed E-state index contributed by atoms with van der Waals surface area (Å²) in [6, 6.07) is 6.89. The van der Waals surface area contributed by atoms with Crippen LogP contribution in [0.2, 0.25) is 0 Å². The van der Waals surface area contributed by atoms with Gasteiger partial charge in [-0.05, 0) is 43.5 Å².